The normalized spacial score (nSPS) is 12.1. The molecule has 0 saturated heterocycles. The summed E-state index contributed by atoms with van der Waals surface area (Å²) >= 11 is 2.84. The molecule has 0 bridgehead atoms. The third-order valence-electron chi connectivity index (χ3n) is 4.13. The monoisotopic (exact) mass is 385 g/mol. The first-order valence-electron chi connectivity index (χ1n) is 8.25. The highest BCUT2D eigenvalue weighted by Gasteiger charge is 2.20. The molecule has 3 rings (SSSR count). The molecular weight excluding hydrogens is 366 g/mol. The van der Waals surface area contributed by atoms with Gasteiger partial charge >= 0.3 is 0 Å². The molecule has 7 heteroatoms. The number of rotatable bonds is 5. The van der Waals surface area contributed by atoms with Crippen molar-refractivity contribution in [3.8, 4) is 17.5 Å². The van der Waals surface area contributed by atoms with E-state index in [-0.39, 0.29) is 10.8 Å². The number of nitrogens with zero attached hydrogens (tertiary/aromatic N) is 3. The van der Waals surface area contributed by atoms with Crippen molar-refractivity contribution in [3.05, 3.63) is 45.1 Å². The Morgan fingerprint density at radius 1 is 1.46 bits per heavy atom. The molecule has 0 spiro atoms. The molecule has 3 aromatic rings. The Morgan fingerprint density at radius 2 is 2.23 bits per heavy atom. The van der Waals surface area contributed by atoms with Crippen molar-refractivity contribution in [1.82, 2.24) is 9.55 Å². The van der Waals surface area contributed by atoms with Crippen LogP contribution in [0.2, 0.25) is 0 Å². The molecule has 1 atom stereocenters. The van der Waals surface area contributed by atoms with Crippen molar-refractivity contribution < 1.29 is 4.74 Å². The Morgan fingerprint density at radius 3 is 2.88 bits per heavy atom. The number of aryl methyl sites for hydroxylation is 2. The van der Waals surface area contributed by atoms with Crippen LogP contribution in [-0.4, -0.2) is 21.9 Å². The molecule has 0 N–H and O–H groups in total. The summed E-state index contributed by atoms with van der Waals surface area (Å²) in [5.74, 6) is 0.662. The number of thioether (sulfide) groups is 1. The zero-order chi connectivity index (χ0) is 18.8. The van der Waals surface area contributed by atoms with E-state index in [4.69, 9.17) is 9.72 Å². The molecule has 0 radical (unpaired) electrons. The second kappa shape index (κ2) is 7.52. The van der Waals surface area contributed by atoms with Crippen LogP contribution in [0.5, 0.6) is 5.75 Å². The fourth-order valence-electron chi connectivity index (χ4n) is 2.79. The molecule has 0 aliphatic carbocycles. The summed E-state index contributed by atoms with van der Waals surface area (Å²) in [6, 6.07) is 9.52. The summed E-state index contributed by atoms with van der Waals surface area (Å²) in [5, 5.41) is 10.1. The van der Waals surface area contributed by atoms with E-state index >= 15 is 0 Å². The van der Waals surface area contributed by atoms with Crippen molar-refractivity contribution >= 4 is 33.3 Å². The Labute approximate surface area is 160 Å². The van der Waals surface area contributed by atoms with Gasteiger partial charge < -0.3 is 4.74 Å². The summed E-state index contributed by atoms with van der Waals surface area (Å²) in [7, 11) is 1.59. The molecule has 0 aliphatic rings. The minimum atomic E-state index is -0.317. The summed E-state index contributed by atoms with van der Waals surface area (Å²) in [6.45, 7) is 5.85. The van der Waals surface area contributed by atoms with E-state index in [2.05, 4.69) is 13.0 Å². The van der Waals surface area contributed by atoms with E-state index in [1.165, 1.54) is 11.8 Å². The van der Waals surface area contributed by atoms with Gasteiger partial charge in [-0.05, 0) is 38.0 Å². The molecule has 5 nitrogen and oxygen atoms in total. The SMILES string of the molecule is CCc1sc2nc(S[C@H](C)C#N)n(-c3cccc(OC)c3)c(=O)c2c1C. The number of hydrogen-bond donors (Lipinski definition) is 0. The quantitative estimate of drug-likeness (QED) is 0.483. The second-order valence-electron chi connectivity index (χ2n) is 5.81. The molecule has 26 heavy (non-hydrogen) atoms. The number of thiophene rings is 1. The second-order valence-corrected chi connectivity index (χ2v) is 8.20. The van der Waals surface area contributed by atoms with E-state index in [1.54, 1.807) is 36.0 Å². The van der Waals surface area contributed by atoms with Gasteiger partial charge in [-0.3, -0.25) is 9.36 Å². The van der Waals surface area contributed by atoms with Crippen molar-refractivity contribution in [3.63, 3.8) is 0 Å². The van der Waals surface area contributed by atoms with Gasteiger partial charge in [-0.15, -0.1) is 11.3 Å². The van der Waals surface area contributed by atoms with Gasteiger partial charge in [0.2, 0.25) is 0 Å². The predicted octanol–water partition coefficient (Wildman–Crippen LogP) is 4.33. The van der Waals surface area contributed by atoms with Crippen LogP contribution in [0.3, 0.4) is 0 Å². The number of hydrogen-bond acceptors (Lipinski definition) is 6. The van der Waals surface area contributed by atoms with Gasteiger partial charge in [-0.1, -0.05) is 24.8 Å². The number of nitriles is 1. The Balaban J connectivity index is 2.35. The zero-order valence-corrected chi connectivity index (χ0v) is 16.7. The van der Waals surface area contributed by atoms with Gasteiger partial charge in [-0.25, -0.2) is 4.98 Å². The van der Waals surface area contributed by atoms with E-state index in [0.29, 0.717) is 22.0 Å². The van der Waals surface area contributed by atoms with Crippen LogP contribution >= 0.6 is 23.1 Å². The molecule has 0 aliphatic heterocycles. The fraction of sp³-hybridized carbons (Fsp3) is 0.316. The lowest BCUT2D eigenvalue weighted by molar-refractivity contribution is 0.414. The van der Waals surface area contributed by atoms with E-state index < -0.39 is 0 Å². The molecule has 134 valence electrons. The maximum atomic E-state index is 13.4. The lowest BCUT2D eigenvalue weighted by Crippen LogP contribution is -2.22. The fourth-order valence-corrected chi connectivity index (χ4v) is 4.76. The molecular formula is C19H19N3O2S2. The predicted molar refractivity (Wildman–Crippen MR) is 107 cm³/mol. The first-order valence-corrected chi connectivity index (χ1v) is 9.95. The van der Waals surface area contributed by atoms with Gasteiger partial charge in [0.05, 0.1) is 29.5 Å². The van der Waals surface area contributed by atoms with Gasteiger partial charge in [0, 0.05) is 10.9 Å². The van der Waals surface area contributed by atoms with E-state index in [9.17, 15) is 10.1 Å². The van der Waals surface area contributed by atoms with Gasteiger partial charge in [0.25, 0.3) is 5.56 Å². The third-order valence-corrected chi connectivity index (χ3v) is 6.40. The molecule has 2 heterocycles. The minimum Gasteiger partial charge on any atom is -0.497 e. The van der Waals surface area contributed by atoms with Crippen LogP contribution in [0, 0.1) is 18.3 Å². The molecule has 2 aromatic heterocycles. The van der Waals surface area contributed by atoms with Crippen LogP contribution < -0.4 is 10.3 Å². The van der Waals surface area contributed by atoms with Crippen LogP contribution in [0.4, 0.5) is 0 Å². The Hall–Kier alpha value is -2.30. The van der Waals surface area contributed by atoms with Crippen LogP contribution in [0.15, 0.2) is 34.2 Å². The molecule has 1 aromatic carbocycles. The highest BCUT2D eigenvalue weighted by atomic mass is 32.2. The van der Waals surface area contributed by atoms with Gasteiger partial charge in [0.1, 0.15) is 10.6 Å². The van der Waals surface area contributed by atoms with Crippen molar-refractivity contribution in [2.75, 3.05) is 7.11 Å². The number of methoxy groups -OCH3 is 1. The standard InChI is InChI=1S/C19H19N3O2S2/c1-5-15-12(3)16-17(26-15)21-19(25-11(2)10-20)22(18(16)23)13-7-6-8-14(9-13)24-4/h6-9,11H,5H2,1-4H3/t11-/m1/s1. The van der Waals surface area contributed by atoms with E-state index in [1.807, 2.05) is 25.1 Å². The lowest BCUT2D eigenvalue weighted by atomic mass is 10.2. The topological polar surface area (TPSA) is 67.9 Å². The van der Waals surface area contributed by atoms with Crippen LogP contribution in [0.1, 0.15) is 24.3 Å². The lowest BCUT2D eigenvalue weighted by Gasteiger charge is -2.13. The zero-order valence-electron chi connectivity index (χ0n) is 15.1. The van der Waals surface area contributed by atoms with E-state index in [0.717, 1.165) is 21.7 Å². The average molecular weight is 386 g/mol. The third kappa shape index (κ3) is 3.22. The highest BCUT2D eigenvalue weighted by molar-refractivity contribution is 8.00. The Bertz CT molecular complexity index is 1060. The molecule has 0 unspecified atom stereocenters. The maximum Gasteiger partial charge on any atom is 0.267 e. The average Bonchev–Trinajstić information content (AvgIpc) is 2.97. The maximum absolute atomic E-state index is 13.4. The van der Waals surface area contributed by atoms with Gasteiger partial charge in [0.15, 0.2) is 5.16 Å². The molecule has 0 saturated carbocycles. The van der Waals surface area contributed by atoms with Crippen LogP contribution in [0.25, 0.3) is 15.9 Å². The number of fused-ring (bicyclic) bond motifs is 1. The van der Waals surface area contributed by atoms with Crippen molar-refractivity contribution in [2.45, 2.75) is 37.6 Å². The molecule has 0 amide bonds. The number of aromatic nitrogens is 2. The van der Waals surface area contributed by atoms with Crippen molar-refractivity contribution in [2.24, 2.45) is 0 Å². The minimum absolute atomic E-state index is 0.107. The van der Waals surface area contributed by atoms with Crippen molar-refractivity contribution in [1.29, 1.82) is 5.26 Å². The Kier molecular flexibility index (Phi) is 5.35. The summed E-state index contributed by atoms with van der Waals surface area (Å²) in [5.41, 5.74) is 1.57. The van der Waals surface area contributed by atoms with Gasteiger partial charge in [-0.2, -0.15) is 5.26 Å². The highest BCUT2D eigenvalue weighted by Crippen LogP contribution is 2.32. The first kappa shape index (κ1) is 18.5. The summed E-state index contributed by atoms with van der Waals surface area (Å²) < 4.78 is 6.88. The van der Waals surface area contributed by atoms with Crippen LogP contribution in [-0.2, 0) is 6.42 Å². The molecule has 0 fully saturated rings. The summed E-state index contributed by atoms with van der Waals surface area (Å²) in [4.78, 5) is 20.0. The summed E-state index contributed by atoms with van der Waals surface area (Å²) in [6.07, 6.45) is 0.864. The largest absolute Gasteiger partial charge is 0.497 e. The number of benzene rings is 1. The number of ether oxygens (including phenoxy) is 1. The first-order chi connectivity index (χ1) is 12.5. The smallest absolute Gasteiger partial charge is 0.267 e.